The fourth-order valence-corrected chi connectivity index (χ4v) is 8.53. The minimum atomic E-state index is 0.881. The lowest BCUT2D eigenvalue weighted by Crippen LogP contribution is -2.12. The van der Waals surface area contributed by atoms with Crippen LogP contribution in [0.2, 0.25) is 0 Å². The van der Waals surface area contributed by atoms with Crippen molar-refractivity contribution in [3.05, 3.63) is 218 Å². The van der Waals surface area contributed by atoms with Gasteiger partial charge in [-0.05, 0) is 76.9 Å². The third-order valence-electron chi connectivity index (χ3n) is 11.2. The number of anilines is 3. The molecule has 3 nitrogen and oxygen atoms in total. The normalized spacial score (nSPS) is 11.5. The average molecular weight is 729 g/mol. The number of benzene rings is 9. The first-order chi connectivity index (χ1) is 28.3. The third-order valence-corrected chi connectivity index (χ3v) is 11.2. The summed E-state index contributed by atoms with van der Waals surface area (Å²) in [5.74, 6) is 0. The fourth-order valence-electron chi connectivity index (χ4n) is 8.53. The highest BCUT2D eigenvalue weighted by molar-refractivity contribution is 6.12. The Hall–Kier alpha value is -7.62. The molecule has 0 saturated heterocycles. The van der Waals surface area contributed by atoms with Crippen LogP contribution in [0, 0.1) is 0 Å². The van der Waals surface area contributed by atoms with Crippen LogP contribution in [0.1, 0.15) is 0 Å². The lowest BCUT2D eigenvalue weighted by Gasteiger charge is -2.29. The van der Waals surface area contributed by atoms with Crippen molar-refractivity contribution in [1.29, 1.82) is 0 Å². The van der Waals surface area contributed by atoms with Crippen LogP contribution in [0.5, 0.6) is 0 Å². The van der Waals surface area contributed by atoms with Crippen LogP contribution in [0.4, 0.5) is 17.1 Å². The van der Waals surface area contributed by atoms with E-state index in [0.29, 0.717) is 0 Å². The van der Waals surface area contributed by atoms with Crippen LogP contribution in [0.3, 0.4) is 0 Å². The quantitative estimate of drug-likeness (QED) is 0.163. The van der Waals surface area contributed by atoms with E-state index in [0.717, 1.165) is 72.5 Å². The van der Waals surface area contributed by atoms with Gasteiger partial charge in [0.2, 0.25) is 0 Å². The minimum Gasteiger partial charge on any atom is -0.455 e. The first kappa shape index (κ1) is 32.8. The number of hydrogen-bond donors (Lipinski definition) is 0. The fraction of sp³-hybridized carbons (Fsp3) is 0. The molecule has 0 spiro atoms. The molecule has 0 saturated carbocycles. The van der Waals surface area contributed by atoms with E-state index >= 15 is 0 Å². The van der Waals surface area contributed by atoms with Gasteiger partial charge in [-0.15, -0.1) is 0 Å². The lowest BCUT2D eigenvalue weighted by atomic mass is 9.95. The maximum Gasteiger partial charge on any atom is 0.143 e. The molecule has 268 valence electrons. The maximum atomic E-state index is 6.70. The summed E-state index contributed by atoms with van der Waals surface area (Å²) in [6.07, 6.45) is 0. The Balaban J connectivity index is 1.21. The van der Waals surface area contributed by atoms with Crippen LogP contribution < -0.4 is 4.90 Å². The molecule has 11 aromatic rings. The molecule has 0 N–H and O–H groups in total. The summed E-state index contributed by atoms with van der Waals surface area (Å²) in [6, 6.07) is 78.2. The van der Waals surface area contributed by atoms with E-state index in [4.69, 9.17) is 4.42 Å². The monoisotopic (exact) mass is 728 g/mol. The molecule has 0 unspecified atom stereocenters. The minimum absolute atomic E-state index is 0.881. The molecular formula is C54H36N2O. The number of nitrogens with zero attached hydrogens (tertiary/aromatic N) is 2. The predicted octanol–water partition coefficient (Wildman–Crippen LogP) is 15.2. The van der Waals surface area contributed by atoms with Gasteiger partial charge in [-0.1, -0.05) is 164 Å². The van der Waals surface area contributed by atoms with Gasteiger partial charge in [0.15, 0.2) is 0 Å². The number of aromatic nitrogens is 1. The maximum absolute atomic E-state index is 6.70. The molecular weight excluding hydrogens is 693 g/mol. The van der Waals surface area contributed by atoms with Gasteiger partial charge in [-0.25, -0.2) is 0 Å². The molecule has 0 aliphatic heterocycles. The second-order valence-corrected chi connectivity index (χ2v) is 14.5. The Labute approximate surface area is 330 Å². The molecule has 2 aromatic heterocycles. The second kappa shape index (κ2) is 13.6. The number of fused-ring (bicyclic) bond motifs is 6. The zero-order valence-electron chi connectivity index (χ0n) is 31.1. The van der Waals surface area contributed by atoms with E-state index in [2.05, 4.69) is 222 Å². The van der Waals surface area contributed by atoms with E-state index in [-0.39, 0.29) is 0 Å². The number of rotatable bonds is 7. The van der Waals surface area contributed by atoms with Crippen LogP contribution in [0.15, 0.2) is 223 Å². The molecule has 0 aliphatic carbocycles. The van der Waals surface area contributed by atoms with Crippen molar-refractivity contribution in [2.75, 3.05) is 4.90 Å². The van der Waals surface area contributed by atoms with Crippen molar-refractivity contribution in [2.45, 2.75) is 0 Å². The molecule has 2 heterocycles. The molecule has 9 aromatic carbocycles. The van der Waals surface area contributed by atoms with Crippen LogP contribution in [0.25, 0.3) is 82.8 Å². The molecule has 0 radical (unpaired) electrons. The topological polar surface area (TPSA) is 21.3 Å². The molecule has 11 rings (SSSR count). The molecule has 3 heteroatoms. The molecule has 0 fully saturated rings. The Morgan fingerprint density at radius 1 is 0.351 bits per heavy atom. The summed E-state index contributed by atoms with van der Waals surface area (Å²) < 4.78 is 9.09. The summed E-state index contributed by atoms with van der Waals surface area (Å²) >= 11 is 0. The highest BCUT2D eigenvalue weighted by atomic mass is 16.3. The Morgan fingerprint density at radius 2 is 0.930 bits per heavy atom. The third kappa shape index (κ3) is 5.60. The number of furan rings is 1. The van der Waals surface area contributed by atoms with Gasteiger partial charge in [0.1, 0.15) is 11.2 Å². The number of para-hydroxylation sites is 4. The molecule has 0 atom stereocenters. The zero-order valence-corrected chi connectivity index (χ0v) is 31.1. The van der Waals surface area contributed by atoms with Crippen LogP contribution >= 0.6 is 0 Å². The van der Waals surface area contributed by atoms with E-state index in [1.54, 1.807) is 0 Å². The first-order valence-corrected chi connectivity index (χ1v) is 19.4. The van der Waals surface area contributed by atoms with Gasteiger partial charge < -0.3 is 13.9 Å². The number of hydrogen-bond acceptors (Lipinski definition) is 2. The highest BCUT2D eigenvalue weighted by Gasteiger charge is 2.23. The van der Waals surface area contributed by atoms with Crippen molar-refractivity contribution in [3.8, 4) is 39.1 Å². The van der Waals surface area contributed by atoms with Crippen molar-refractivity contribution < 1.29 is 4.42 Å². The van der Waals surface area contributed by atoms with Gasteiger partial charge in [-0.3, -0.25) is 0 Å². The van der Waals surface area contributed by atoms with Crippen molar-refractivity contribution in [2.24, 2.45) is 0 Å². The Kier molecular flexibility index (Phi) is 7.82. The van der Waals surface area contributed by atoms with Gasteiger partial charge in [0, 0.05) is 49.7 Å². The van der Waals surface area contributed by atoms with Gasteiger partial charge in [-0.2, -0.15) is 0 Å². The zero-order chi connectivity index (χ0) is 37.7. The molecule has 0 amide bonds. The van der Waals surface area contributed by atoms with Crippen LogP contribution in [-0.2, 0) is 0 Å². The summed E-state index contributed by atoms with van der Waals surface area (Å²) in [5.41, 5.74) is 15.2. The summed E-state index contributed by atoms with van der Waals surface area (Å²) in [5, 5.41) is 4.66. The van der Waals surface area contributed by atoms with Gasteiger partial charge in [0.25, 0.3) is 0 Å². The molecule has 0 bridgehead atoms. The van der Waals surface area contributed by atoms with E-state index in [9.17, 15) is 0 Å². The Bertz CT molecular complexity index is 3220. The smallest absolute Gasteiger partial charge is 0.143 e. The summed E-state index contributed by atoms with van der Waals surface area (Å²) in [4.78, 5) is 2.42. The van der Waals surface area contributed by atoms with Crippen molar-refractivity contribution in [3.63, 3.8) is 0 Å². The first-order valence-electron chi connectivity index (χ1n) is 19.4. The van der Waals surface area contributed by atoms with Gasteiger partial charge in [0.05, 0.1) is 16.7 Å². The summed E-state index contributed by atoms with van der Waals surface area (Å²) in [7, 11) is 0. The van der Waals surface area contributed by atoms with Crippen molar-refractivity contribution >= 4 is 60.8 Å². The SMILES string of the molecule is c1ccc(-c2ccc(N(c3ccc4c5ccccc5n(-c5ccccc5)c4c3)c3cc(-c4ccccc4)ccc3-c3cccc4c3oc3ccccc34)cc2)cc1. The largest absolute Gasteiger partial charge is 0.455 e. The van der Waals surface area contributed by atoms with E-state index < -0.39 is 0 Å². The van der Waals surface area contributed by atoms with E-state index in [1.807, 2.05) is 6.07 Å². The van der Waals surface area contributed by atoms with Gasteiger partial charge >= 0.3 is 0 Å². The second-order valence-electron chi connectivity index (χ2n) is 14.5. The lowest BCUT2D eigenvalue weighted by molar-refractivity contribution is 0.670. The standard InChI is InChI=1S/C54H36N2O/c1-4-15-37(16-5-1)39-27-30-42(31-28-39)55(43-32-34-45-44-21-10-12-25-50(44)56(52(45)36-43)41-19-8-3-9-20-41)51-35-40(38-17-6-2-7-18-38)29-33-46(51)48-23-14-24-49-47-22-11-13-26-53(47)57-54(48)49/h1-36H. The summed E-state index contributed by atoms with van der Waals surface area (Å²) in [6.45, 7) is 0. The molecule has 57 heavy (non-hydrogen) atoms. The Morgan fingerprint density at radius 3 is 1.70 bits per heavy atom. The highest BCUT2D eigenvalue weighted by Crippen LogP contribution is 2.47. The molecule has 0 aliphatic rings. The van der Waals surface area contributed by atoms with E-state index in [1.165, 1.54) is 27.4 Å². The van der Waals surface area contributed by atoms with Crippen LogP contribution in [-0.4, -0.2) is 4.57 Å². The predicted molar refractivity (Wildman–Crippen MR) is 239 cm³/mol. The van der Waals surface area contributed by atoms with Crippen molar-refractivity contribution in [1.82, 2.24) is 4.57 Å². The average Bonchev–Trinajstić information content (AvgIpc) is 3.83.